The van der Waals surface area contributed by atoms with Gasteiger partial charge in [-0.3, -0.25) is 4.79 Å². The van der Waals surface area contributed by atoms with Gasteiger partial charge in [-0.1, -0.05) is 12.1 Å². The highest BCUT2D eigenvalue weighted by Crippen LogP contribution is 2.25. The van der Waals surface area contributed by atoms with Crippen molar-refractivity contribution >= 4 is 11.5 Å². The first-order chi connectivity index (χ1) is 8.59. The quantitative estimate of drug-likeness (QED) is 0.765. The summed E-state index contributed by atoms with van der Waals surface area (Å²) in [5.41, 5.74) is 1.95. The number of ketones is 1. The summed E-state index contributed by atoms with van der Waals surface area (Å²) in [6.07, 6.45) is 2.33. The Balaban J connectivity index is 2.12. The van der Waals surface area contributed by atoms with Gasteiger partial charge in [-0.2, -0.15) is 0 Å². The summed E-state index contributed by atoms with van der Waals surface area (Å²) in [5, 5.41) is 0. The molecule has 2 rings (SSSR count). The van der Waals surface area contributed by atoms with Crippen LogP contribution in [-0.2, 0) is 0 Å². The lowest BCUT2D eigenvalue weighted by atomic mass is 10.0. The van der Waals surface area contributed by atoms with Crippen molar-refractivity contribution in [1.29, 1.82) is 0 Å². The van der Waals surface area contributed by atoms with Crippen LogP contribution in [0.25, 0.3) is 0 Å². The van der Waals surface area contributed by atoms with Crippen LogP contribution in [0.4, 0.5) is 5.69 Å². The molecule has 0 aromatic heterocycles. The summed E-state index contributed by atoms with van der Waals surface area (Å²) in [4.78, 5) is 16.3. The molecule has 0 bridgehead atoms. The summed E-state index contributed by atoms with van der Waals surface area (Å²) < 4.78 is 0. The number of benzene rings is 1. The maximum Gasteiger partial charge on any atom is 0.161 e. The maximum atomic E-state index is 11.6. The summed E-state index contributed by atoms with van der Waals surface area (Å²) in [6.45, 7) is 3.71. The highest BCUT2D eigenvalue weighted by molar-refractivity contribution is 5.99. The predicted octanol–water partition coefficient (Wildman–Crippen LogP) is 2.42. The zero-order valence-electron chi connectivity index (χ0n) is 11.5. The molecule has 98 valence electrons. The van der Waals surface area contributed by atoms with Gasteiger partial charge in [-0.05, 0) is 46.0 Å². The van der Waals surface area contributed by atoms with Gasteiger partial charge in [-0.15, -0.1) is 0 Å². The van der Waals surface area contributed by atoms with Crippen molar-refractivity contribution in [3.05, 3.63) is 29.8 Å². The molecule has 1 aromatic rings. The van der Waals surface area contributed by atoms with Crippen LogP contribution in [0.5, 0.6) is 0 Å². The third-order valence-corrected chi connectivity index (χ3v) is 3.82. The van der Waals surface area contributed by atoms with Gasteiger partial charge in [0.2, 0.25) is 0 Å². The van der Waals surface area contributed by atoms with Crippen molar-refractivity contribution < 1.29 is 4.79 Å². The van der Waals surface area contributed by atoms with Gasteiger partial charge < -0.3 is 9.80 Å². The molecule has 0 atom stereocenters. The van der Waals surface area contributed by atoms with Crippen LogP contribution in [0.2, 0.25) is 0 Å². The number of hydrogen-bond acceptors (Lipinski definition) is 3. The van der Waals surface area contributed by atoms with E-state index in [0.29, 0.717) is 6.04 Å². The number of anilines is 1. The molecule has 3 heteroatoms. The first-order valence-electron chi connectivity index (χ1n) is 6.61. The van der Waals surface area contributed by atoms with Gasteiger partial charge in [0.15, 0.2) is 5.78 Å². The maximum absolute atomic E-state index is 11.6. The smallest absolute Gasteiger partial charge is 0.161 e. The Labute approximate surface area is 109 Å². The number of nitrogens with zero attached hydrogens (tertiary/aromatic N) is 2. The molecule has 0 N–H and O–H groups in total. The summed E-state index contributed by atoms with van der Waals surface area (Å²) in [7, 11) is 4.29. The number of para-hydroxylation sites is 1. The highest BCUT2D eigenvalue weighted by Gasteiger charge is 2.22. The third kappa shape index (κ3) is 2.72. The van der Waals surface area contributed by atoms with Crippen LogP contribution in [0, 0.1) is 0 Å². The topological polar surface area (TPSA) is 23.6 Å². The second-order valence-corrected chi connectivity index (χ2v) is 5.26. The molecule has 0 radical (unpaired) electrons. The van der Waals surface area contributed by atoms with Gasteiger partial charge in [0, 0.05) is 30.4 Å². The Morgan fingerprint density at radius 1 is 1.22 bits per heavy atom. The molecule has 0 spiro atoms. The number of piperidine rings is 1. The van der Waals surface area contributed by atoms with Crippen molar-refractivity contribution in [2.45, 2.75) is 25.8 Å². The van der Waals surface area contributed by atoms with E-state index in [0.717, 1.165) is 24.3 Å². The molecule has 0 aliphatic carbocycles. The van der Waals surface area contributed by atoms with Crippen LogP contribution in [0.3, 0.4) is 0 Å². The molecule has 18 heavy (non-hydrogen) atoms. The Kier molecular flexibility index (Phi) is 4.02. The minimum absolute atomic E-state index is 0.153. The SMILES string of the molecule is CC(=O)c1ccccc1N1CCC(N(C)C)CC1. The van der Waals surface area contributed by atoms with E-state index in [1.807, 2.05) is 18.2 Å². The van der Waals surface area contributed by atoms with E-state index < -0.39 is 0 Å². The lowest BCUT2D eigenvalue weighted by Crippen LogP contribution is -2.42. The summed E-state index contributed by atoms with van der Waals surface area (Å²) in [5.74, 6) is 0.153. The number of carbonyl (C=O) groups excluding carboxylic acids is 1. The van der Waals surface area contributed by atoms with Gasteiger partial charge in [0.05, 0.1) is 0 Å². The monoisotopic (exact) mass is 246 g/mol. The molecule has 0 unspecified atom stereocenters. The van der Waals surface area contributed by atoms with Gasteiger partial charge in [0.25, 0.3) is 0 Å². The second-order valence-electron chi connectivity index (χ2n) is 5.26. The lowest BCUT2D eigenvalue weighted by molar-refractivity contribution is 0.101. The van der Waals surface area contributed by atoms with E-state index in [1.54, 1.807) is 6.92 Å². The van der Waals surface area contributed by atoms with Crippen LogP contribution in [0.1, 0.15) is 30.1 Å². The Hall–Kier alpha value is -1.35. The highest BCUT2D eigenvalue weighted by atomic mass is 16.1. The third-order valence-electron chi connectivity index (χ3n) is 3.82. The van der Waals surface area contributed by atoms with Crippen LogP contribution < -0.4 is 4.90 Å². The minimum atomic E-state index is 0.153. The molecule has 1 saturated heterocycles. The Bertz CT molecular complexity index is 420. The lowest BCUT2D eigenvalue weighted by Gasteiger charge is -2.37. The van der Waals surface area contributed by atoms with E-state index in [-0.39, 0.29) is 5.78 Å². The van der Waals surface area contributed by atoms with Gasteiger partial charge in [0.1, 0.15) is 0 Å². The molecule has 1 aliphatic heterocycles. The number of hydrogen-bond donors (Lipinski definition) is 0. The largest absolute Gasteiger partial charge is 0.371 e. The standard InChI is InChI=1S/C15H22N2O/c1-12(18)14-6-4-5-7-15(14)17-10-8-13(9-11-17)16(2)3/h4-7,13H,8-11H2,1-3H3. The molecule has 1 heterocycles. The zero-order valence-corrected chi connectivity index (χ0v) is 11.5. The molecule has 3 nitrogen and oxygen atoms in total. The fourth-order valence-electron chi connectivity index (χ4n) is 2.67. The number of rotatable bonds is 3. The van der Waals surface area contributed by atoms with Crippen molar-refractivity contribution in [3.8, 4) is 0 Å². The van der Waals surface area contributed by atoms with Gasteiger partial charge in [-0.25, -0.2) is 0 Å². The fraction of sp³-hybridized carbons (Fsp3) is 0.533. The van der Waals surface area contributed by atoms with Crippen LogP contribution >= 0.6 is 0 Å². The number of Topliss-reactive ketones (excluding diaryl/α,β-unsaturated/α-hetero) is 1. The number of carbonyl (C=O) groups is 1. The molecule has 1 aromatic carbocycles. The normalized spacial score (nSPS) is 17.2. The van der Waals surface area contributed by atoms with E-state index in [1.165, 1.54) is 12.8 Å². The first-order valence-corrected chi connectivity index (χ1v) is 6.61. The van der Waals surface area contributed by atoms with E-state index >= 15 is 0 Å². The molecular formula is C15H22N2O. The van der Waals surface area contributed by atoms with Crippen LogP contribution in [-0.4, -0.2) is 43.9 Å². The van der Waals surface area contributed by atoms with Crippen molar-refractivity contribution in [2.75, 3.05) is 32.1 Å². The average Bonchev–Trinajstić information content (AvgIpc) is 2.39. The van der Waals surface area contributed by atoms with Crippen molar-refractivity contribution in [2.24, 2.45) is 0 Å². The minimum Gasteiger partial charge on any atom is -0.371 e. The van der Waals surface area contributed by atoms with Gasteiger partial charge >= 0.3 is 0 Å². The Morgan fingerprint density at radius 3 is 2.39 bits per heavy atom. The first kappa shape index (κ1) is 13.1. The average molecular weight is 246 g/mol. The van der Waals surface area contributed by atoms with Crippen LogP contribution in [0.15, 0.2) is 24.3 Å². The van der Waals surface area contributed by atoms with Crippen molar-refractivity contribution in [1.82, 2.24) is 4.90 Å². The van der Waals surface area contributed by atoms with E-state index in [4.69, 9.17) is 0 Å². The summed E-state index contributed by atoms with van der Waals surface area (Å²) in [6, 6.07) is 8.61. The van der Waals surface area contributed by atoms with E-state index in [9.17, 15) is 4.79 Å². The Morgan fingerprint density at radius 2 is 1.83 bits per heavy atom. The van der Waals surface area contributed by atoms with E-state index in [2.05, 4.69) is 30.0 Å². The fourth-order valence-corrected chi connectivity index (χ4v) is 2.67. The predicted molar refractivity (Wildman–Crippen MR) is 75.4 cm³/mol. The molecule has 1 aliphatic rings. The molecule has 0 amide bonds. The molecular weight excluding hydrogens is 224 g/mol. The second kappa shape index (κ2) is 5.53. The zero-order chi connectivity index (χ0) is 13.1. The molecule has 1 fully saturated rings. The summed E-state index contributed by atoms with van der Waals surface area (Å²) >= 11 is 0. The molecule has 0 saturated carbocycles. The van der Waals surface area contributed by atoms with Crippen molar-refractivity contribution in [3.63, 3.8) is 0 Å².